The molecule has 2 aromatic carbocycles. The third-order valence-corrected chi connectivity index (χ3v) is 5.44. The van der Waals surface area contributed by atoms with E-state index in [-0.39, 0.29) is 36.0 Å². The lowest BCUT2D eigenvalue weighted by molar-refractivity contribution is 0.0857. The third kappa shape index (κ3) is 8.14. The zero-order chi connectivity index (χ0) is 21.3. The summed E-state index contributed by atoms with van der Waals surface area (Å²) in [5, 5.41) is 10.6. The summed E-state index contributed by atoms with van der Waals surface area (Å²) in [6.07, 6.45) is 2.18. The first-order valence-electron chi connectivity index (χ1n) is 9.92. The Labute approximate surface area is 210 Å². The highest BCUT2D eigenvalue weighted by Gasteiger charge is 2.16. The highest BCUT2D eigenvalue weighted by Crippen LogP contribution is 2.20. The summed E-state index contributed by atoms with van der Waals surface area (Å²) in [5.74, 6) is 0.543. The second-order valence-corrected chi connectivity index (χ2v) is 7.90. The molecular formula is C22H27Cl2IN4O2. The van der Waals surface area contributed by atoms with E-state index in [2.05, 4.69) is 20.9 Å². The second-order valence-electron chi connectivity index (χ2n) is 7.06. The maximum Gasteiger partial charge on any atom is 0.251 e. The molecule has 3 rings (SSSR count). The topological polar surface area (TPSA) is 74.8 Å². The molecule has 9 heteroatoms. The van der Waals surface area contributed by atoms with E-state index >= 15 is 0 Å². The molecule has 31 heavy (non-hydrogen) atoms. The number of hydrogen-bond acceptors (Lipinski definition) is 3. The molecule has 1 fully saturated rings. The first kappa shape index (κ1) is 25.7. The van der Waals surface area contributed by atoms with Crippen LogP contribution in [-0.2, 0) is 17.8 Å². The first-order chi connectivity index (χ1) is 14.5. The Kier molecular flexibility index (Phi) is 10.9. The molecule has 1 unspecified atom stereocenters. The van der Waals surface area contributed by atoms with Gasteiger partial charge in [-0.25, -0.2) is 0 Å². The molecule has 0 spiro atoms. The van der Waals surface area contributed by atoms with Gasteiger partial charge >= 0.3 is 0 Å². The van der Waals surface area contributed by atoms with Crippen molar-refractivity contribution in [2.45, 2.75) is 32.0 Å². The normalized spacial score (nSPS) is 15.8. The van der Waals surface area contributed by atoms with Crippen molar-refractivity contribution < 1.29 is 9.53 Å². The average Bonchev–Trinajstić information content (AvgIpc) is 3.27. The van der Waals surface area contributed by atoms with Gasteiger partial charge in [0.15, 0.2) is 5.96 Å². The molecule has 168 valence electrons. The third-order valence-electron chi connectivity index (χ3n) is 4.85. The summed E-state index contributed by atoms with van der Waals surface area (Å²) in [6, 6.07) is 12.9. The Bertz CT molecular complexity index is 905. The van der Waals surface area contributed by atoms with Gasteiger partial charge in [-0.1, -0.05) is 41.4 Å². The van der Waals surface area contributed by atoms with Gasteiger partial charge in [-0.15, -0.1) is 24.0 Å². The van der Waals surface area contributed by atoms with Gasteiger partial charge in [-0.05, 0) is 48.2 Å². The Balaban J connectivity index is 0.00000341. The van der Waals surface area contributed by atoms with Crippen molar-refractivity contribution in [3.8, 4) is 0 Å². The average molecular weight is 577 g/mol. The zero-order valence-electron chi connectivity index (χ0n) is 17.3. The smallest absolute Gasteiger partial charge is 0.251 e. The number of nitrogens with zero attached hydrogens (tertiary/aromatic N) is 1. The van der Waals surface area contributed by atoms with E-state index in [1.54, 1.807) is 19.2 Å². The van der Waals surface area contributed by atoms with Crippen LogP contribution in [0.15, 0.2) is 47.5 Å². The molecule has 0 aromatic heterocycles. The van der Waals surface area contributed by atoms with Crippen LogP contribution in [0.25, 0.3) is 0 Å². The summed E-state index contributed by atoms with van der Waals surface area (Å²) >= 11 is 12.1. The Morgan fingerprint density at radius 3 is 2.65 bits per heavy atom. The minimum absolute atomic E-state index is 0. The Hall–Kier alpha value is -1.55. The molecule has 1 aliphatic rings. The van der Waals surface area contributed by atoms with E-state index < -0.39 is 0 Å². The molecule has 2 aromatic rings. The van der Waals surface area contributed by atoms with Crippen LogP contribution in [0, 0.1) is 0 Å². The van der Waals surface area contributed by atoms with Crippen molar-refractivity contribution in [1.29, 1.82) is 0 Å². The van der Waals surface area contributed by atoms with Crippen LogP contribution in [0.2, 0.25) is 10.0 Å². The fraction of sp³-hybridized carbons (Fsp3) is 0.364. The molecule has 0 radical (unpaired) electrons. The number of aliphatic imine (C=N–C) groups is 1. The molecule has 1 amide bonds. The summed E-state index contributed by atoms with van der Waals surface area (Å²) in [5.41, 5.74) is 2.53. The van der Waals surface area contributed by atoms with Crippen molar-refractivity contribution in [1.82, 2.24) is 16.0 Å². The molecule has 1 aliphatic heterocycles. The minimum Gasteiger partial charge on any atom is -0.376 e. The lowest BCUT2D eigenvalue weighted by Crippen LogP contribution is -2.36. The number of benzene rings is 2. The highest BCUT2D eigenvalue weighted by molar-refractivity contribution is 14.0. The molecule has 1 saturated heterocycles. The molecule has 3 N–H and O–H groups in total. The number of hydrogen-bond donors (Lipinski definition) is 3. The second kappa shape index (κ2) is 13.1. The molecular weight excluding hydrogens is 550 g/mol. The number of carbonyl (C=O) groups excluding carboxylic acids is 1. The number of halogens is 3. The van der Waals surface area contributed by atoms with Crippen molar-refractivity contribution in [2.75, 3.05) is 20.2 Å². The Morgan fingerprint density at radius 1 is 1.13 bits per heavy atom. The van der Waals surface area contributed by atoms with E-state index in [0.29, 0.717) is 41.2 Å². The number of amides is 1. The Morgan fingerprint density at radius 2 is 1.94 bits per heavy atom. The van der Waals surface area contributed by atoms with Gasteiger partial charge in [0.25, 0.3) is 5.91 Å². The maximum absolute atomic E-state index is 12.4. The van der Waals surface area contributed by atoms with Crippen LogP contribution in [0.4, 0.5) is 0 Å². The summed E-state index contributed by atoms with van der Waals surface area (Å²) in [6.45, 7) is 2.37. The standard InChI is InChI=1S/C22H26Cl2N4O2.HI/c1-25-22(28-13-17-7-8-18(23)11-20(17)24)27-12-15-4-2-5-16(10-15)21(29)26-14-19-6-3-9-30-19;/h2,4-5,7-8,10-11,19H,3,6,9,12-14H2,1H3,(H,26,29)(H2,25,27,28);1H. The summed E-state index contributed by atoms with van der Waals surface area (Å²) in [4.78, 5) is 16.6. The van der Waals surface area contributed by atoms with E-state index in [4.69, 9.17) is 27.9 Å². The summed E-state index contributed by atoms with van der Waals surface area (Å²) < 4.78 is 5.55. The van der Waals surface area contributed by atoms with Crippen molar-refractivity contribution >= 4 is 59.0 Å². The maximum atomic E-state index is 12.4. The minimum atomic E-state index is -0.0905. The van der Waals surface area contributed by atoms with E-state index in [0.717, 1.165) is 30.6 Å². The molecule has 0 bridgehead atoms. The fourth-order valence-electron chi connectivity index (χ4n) is 3.19. The van der Waals surface area contributed by atoms with Crippen molar-refractivity contribution in [3.63, 3.8) is 0 Å². The van der Waals surface area contributed by atoms with Gasteiger partial charge in [0.1, 0.15) is 0 Å². The molecule has 1 atom stereocenters. The van der Waals surface area contributed by atoms with Crippen LogP contribution in [0.3, 0.4) is 0 Å². The van der Waals surface area contributed by atoms with E-state index in [1.165, 1.54) is 0 Å². The van der Waals surface area contributed by atoms with Gasteiger partial charge in [-0.2, -0.15) is 0 Å². The number of rotatable bonds is 7. The van der Waals surface area contributed by atoms with E-state index in [9.17, 15) is 4.79 Å². The molecule has 1 heterocycles. The van der Waals surface area contributed by atoms with Crippen LogP contribution >= 0.6 is 47.2 Å². The fourth-order valence-corrected chi connectivity index (χ4v) is 3.66. The number of ether oxygens (including phenoxy) is 1. The predicted molar refractivity (Wildman–Crippen MR) is 137 cm³/mol. The lowest BCUT2D eigenvalue weighted by atomic mass is 10.1. The van der Waals surface area contributed by atoms with Crippen LogP contribution in [0.5, 0.6) is 0 Å². The van der Waals surface area contributed by atoms with Crippen LogP contribution < -0.4 is 16.0 Å². The van der Waals surface area contributed by atoms with Gasteiger partial charge in [-0.3, -0.25) is 9.79 Å². The summed E-state index contributed by atoms with van der Waals surface area (Å²) in [7, 11) is 1.70. The SMILES string of the molecule is CN=C(NCc1cccc(C(=O)NCC2CCCO2)c1)NCc1ccc(Cl)cc1Cl.I. The monoisotopic (exact) mass is 576 g/mol. The van der Waals surface area contributed by atoms with Gasteiger partial charge in [0.2, 0.25) is 0 Å². The van der Waals surface area contributed by atoms with Gasteiger partial charge in [0.05, 0.1) is 6.10 Å². The van der Waals surface area contributed by atoms with Crippen molar-refractivity contribution in [3.05, 3.63) is 69.2 Å². The molecule has 6 nitrogen and oxygen atoms in total. The first-order valence-corrected chi connectivity index (χ1v) is 10.7. The largest absolute Gasteiger partial charge is 0.376 e. The number of nitrogens with one attached hydrogen (secondary N) is 3. The van der Waals surface area contributed by atoms with Gasteiger partial charge in [0, 0.05) is 48.9 Å². The predicted octanol–water partition coefficient (Wildman–Crippen LogP) is 4.39. The van der Waals surface area contributed by atoms with Gasteiger partial charge < -0.3 is 20.7 Å². The highest BCUT2D eigenvalue weighted by atomic mass is 127. The molecule has 0 saturated carbocycles. The van der Waals surface area contributed by atoms with E-state index in [1.807, 2.05) is 30.3 Å². The quantitative estimate of drug-likeness (QED) is 0.260. The van der Waals surface area contributed by atoms with Crippen molar-refractivity contribution in [2.24, 2.45) is 4.99 Å². The number of carbonyl (C=O) groups is 1. The molecule has 0 aliphatic carbocycles. The van der Waals surface area contributed by atoms with Crippen LogP contribution in [0.1, 0.15) is 34.3 Å². The lowest BCUT2D eigenvalue weighted by Gasteiger charge is -2.14. The van der Waals surface area contributed by atoms with Crippen LogP contribution in [-0.4, -0.2) is 38.2 Å². The zero-order valence-corrected chi connectivity index (χ0v) is 21.1. The number of guanidine groups is 1.